The Balaban J connectivity index is 1.88. The average Bonchev–Trinajstić information content (AvgIpc) is 2.86. The highest BCUT2D eigenvalue weighted by atomic mass is 16.2. The molecule has 3 rings (SSSR count). The molecule has 2 heterocycles. The maximum atomic E-state index is 12.9. The van der Waals surface area contributed by atoms with Gasteiger partial charge in [-0.15, -0.1) is 0 Å². The number of carbonyl (C=O) groups is 2. The van der Waals surface area contributed by atoms with Crippen molar-refractivity contribution in [3.63, 3.8) is 0 Å². The molecule has 122 valence electrons. The smallest absolute Gasteiger partial charge is 0.321 e. The number of rotatable bonds is 3. The molecule has 0 spiro atoms. The third-order valence-corrected chi connectivity index (χ3v) is 4.61. The summed E-state index contributed by atoms with van der Waals surface area (Å²) in [5.41, 5.74) is 1.84. The Morgan fingerprint density at radius 1 is 1.17 bits per heavy atom. The van der Waals surface area contributed by atoms with Crippen molar-refractivity contribution in [2.75, 3.05) is 6.54 Å². The van der Waals surface area contributed by atoms with E-state index in [1.807, 2.05) is 49.1 Å². The number of benzene rings is 1. The van der Waals surface area contributed by atoms with E-state index in [2.05, 4.69) is 11.9 Å². The molecule has 0 radical (unpaired) electrons. The molecule has 2 aliphatic rings. The quantitative estimate of drug-likeness (QED) is 0.933. The molecule has 0 bridgehead atoms. The predicted molar refractivity (Wildman–Crippen MR) is 88.6 cm³/mol. The number of hydrogen-bond donors (Lipinski definition) is 1. The van der Waals surface area contributed by atoms with E-state index in [0.717, 1.165) is 17.7 Å². The summed E-state index contributed by atoms with van der Waals surface area (Å²) in [7, 11) is 0. The van der Waals surface area contributed by atoms with E-state index in [0.29, 0.717) is 13.0 Å². The third kappa shape index (κ3) is 2.83. The van der Waals surface area contributed by atoms with E-state index in [1.54, 1.807) is 4.90 Å². The lowest BCUT2D eigenvalue weighted by atomic mass is 10.0. The maximum Gasteiger partial charge on any atom is 0.321 e. The summed E-state index contributed by atoms with van der Waals surface area (Å²) < 4.78 is 0. The number of hydrogen-bond acceptors (Lipinski definition) is 2. The van der Waals surface area contributed by atoms with Crippen molar-refractivity contribution in [1.82, 2.24) is 15.1 Å². The average molecular weight is 313 g/mol. The lowest BCUT2D eigenvalue weighted by molar-refractivity contribution is -0.125. The maximum absolute atomic E-state index is 12.9. The van der Waals surface area contributed by atoms with Crippen molar-refractivity contribution < 1.29 is 9.59 Å². The van der Waals surface area contributed by atoms with Crippen LogP contribution in [0.25, 0.3) is 0 Å². The van der Waals surface area contributed by atoms with Crippen molar-refractivity contribution >= 4 is 11.9 Å². The summed E-state index contributed by atoms with van der Waals surface area (Å²) >= 11 is 0. The van der Waals surface area contributed by atoms with Crippen molar-refractivity contribution in [3.8, 4) is 0 Å². The summed E-state index contributed by atoms with van der Waals surface area (Å²) in [5, 5.41) is 2.78. The first-order valence-corrected chi connectivity index (χ1v) is 8.11. The first-order chi connectivity index (χ1) is 11.0. The SMILES string of the molecule is C=C1CCC(N2CC(c3ccccc3)N(C(C)C)C2=O)C(=O)N1. The number of amides is 3. The Kier molecular flexibility index (Phi) is 4.11. The van der Waals surface area contributed by atoms with Gasteiger partial charge >= 0.3 is 6.03 Å². The minimum Gasteiger partial charge on any atom is -0.329 e. The molecule has 3 amide bonds. The predicted octanol–water partition coefficient (Wildman–Crippen LogP) is 2.67. The second-order valence-corrected chi connectivity index (χ2v) is 6.51. The number of nitrogens with zero attached hydrogens (tertiary/aromatic N) is 2. The van der Waals surface area contributed by atoms with Crippen LogP contribution in [0.4, 0.5) is 4.79 Å². The highest BCUT2D eigenvalue weighted by Crippen LogP contribution is 2.34. The minimum absolute atomic E-state index is 0.0124. The Morgan fingerprint density at radius 2 is 1.87 bits per heavy atom. The van der Waals surface area contributed by atoms with Crippen LogP contribution in [0.15, 0.2) is 42.6 Å². The van der Waals surface area contributed by atoms with E-state index in [4.69, 9.17) is 0 Å². The van der Waals surface area contributed by atoms with Crippen LogP contribution in [0.5, 0.6) is 0 Å². The highest BCUT2D eigenvalue weighted by molar-refractivity contribution is 5.90. The van der Waals surface area contributed by atoms with Gasteiger partial charge in [-0.1, -0.05) is 36.9 Å². The summed E-state index contributed by atoms with van der Waals surface area (Å²) in [6.07, 6.45) is 1.36. The van der Waals surface area contributed by atoms with Gasteiger partial charge in [0.2, 0.25) is 5.91 Å². The molecule has 2 fully saturated rings. The lowest BCUT2D eigenvalue weighted by Crippen LogP contribution is -2.51. The first-order valence-electron chi connectivity index (χ1n) is 8.11. The summed E-state index contributed by atoms with van der Waals surface area (Å²) in [5.74, 6) is -0.119. The van der Waals surface area contributed by atoms with E-state index in [1.165, 1.54) is 0 Å². The van der Waals surface area contributed by atoms with Crippen LogP contribution in [0.1, 0.15) is 38.3 Å². The van der Waals surface area contributed by atoms with Gasteiger partial charge < -0.3 is 15.1 Å². The molecule has 5 heteroatoms. The molecule has 2 atom stereocenters. The van der Waals surface area contributed by atoms with Gasteiger partial charge in [0, 0.05) is 18.3 Å². The largest absolute Gasteiger partial charge is 0.329 e. The molecular formula is C18H23N3O2. The molecular weight excluding hydrogens is 290 g/mol. The van der Waals surface area contributed by atoms with Gasteiger partial charge in [0.1, 0.15) is 6.04 Å². The van der Waals surface area contributed by atoms with Crippen molar-refractivity contribution in [1.29, 1.82) is 0 Å². The van der Waals surface area contributed by atoms with Crippen LogP contribution in [0.3, 0.4) is 0 Å². The Hall–Kier alpha value is -2.30. The van der Waals surface area contributed by atoms with Gasteiger partial charge in [0.25, 0.3) is 0 Å². The Bertz CT molecular complexity index is 626. The summed E-state index contributed by atoms with van der Waals surface area (Å²) in [6, 6.07) is 9.64. The van der Waals surface area contributed by atoms with Crippen LogP contribution >= 0.6 is 0 Å². The summed E-state index contributed by atoms with van der Waals surface area (Å²) in [4.78, 5) is 28.8. The fourth-order valence-electron chi connectivity index (χ4n) is 3.48. The molecule has 1 aromatic rings. The number of nitrogens with one attached hydrogen (secondary N) is 1. The molecule has 2 aliphatic heterocycles. The molecule has 0 saturated carbocycles. The van der Waals surface area contributed by atoms with Crippen LogP contribution in [-0.4, -0.2) is 40.4 Å². The van der Waals surface area contributed by atoms with E-state index >= 15 is 0 Å². The van der Waals surface area contributed by atoms with Crippen LogP contribution in [0, 0.1) is 0 Å². The zero-order valence-electron chi connectivity index (χ0n) is 13.7. The lowest BCUT2D eigenvalue weighted by Gasteiger charge is -2.31. The number of urea groups is 1. The molecule has 0 aliphatic carbocycles. The molecule has 23 heavy (non-hydrogen) atoms. The molecule has 2 unspecified atom stereocenters. The second-order valence-electron chi connectivity index (χ2n) is 6.51. The Morgan fingerprint density at radius 3 is 2.48 bits per heavy atom. The highest BCUT2D eigenvalue weighted by Gasteiger charge is 2.45. The fraction of sp³-hybridized carbons (Fsp3) is 0.444. The van der Waals surface area contributed by atoms with E-state index in [9.17, 15) is 9.59 Å². The molecule has 5 nitrogen and oxygen atoms in total. The van der Waals surface area contributed by atoms with E-state index in [-0.39, 0.29) is 24.0 Å². The molecule has 0 aromatic heterocycles. The number of piperidine rings is 1. The number of carbonyl (C=O) groups excluding carboxylic acids is 2. The van der Waals surface area contributed by atoms with Crippen LogP contribution in [-0.2, 0) is 4.79 Å². The van der Waals surface area contributed by atoms with Gasteiger partial charge in [-0.25, -0.2) is 4.79 Å². The van der Waals surface area contributed by atoms with Crippen molar-refractivity contribution in [2.24, 2.45) is 0 Å². The zero-order chi connectivity index (χ0) is 16.6. The fourth-order valence-corrected chi connectivity index (χ4v) is 3.48. The van der Waals surface area contributed by atoms with Gasteiger partial charge in [-0.2, -0.15) is 0 Å². The van der Waals surface area contributed by atoms with Crippen molar-refractivity contribution in [2.45, 2.75) is 44.8 Å². The van der Waals surface area contributed by atoms with Gasteiger partial charge in [0.05, 0.1) is 6.04 Å². The van der Waals surface area contributed by atoms with Gasteiger partial charge in [-0.3, -0.25) is 4.79 Å². The molecule has 1 N–H and O–H groups in total. The minimum atomic E-state index is -0.400. The van der Waals surface area contributed by atoms with E-state index < -0.39 is 6.04 Å². The zero-order valence-corrected chi connectivity index (χ0v) is 13.7. The molecule has 1 aromatic carbocycles. The standard InChI is InChI=1S/C18H23N3O2/c1-12(2)21-16(14-7-5-4-6-8-14)11-20(18(21)23)15-10-9-13(3)19-17(15)22/h4-8,12,15-16H,3,9-11H2,1-2H3,(H,19,22). The topological polar surface area (TPSA) is 52.7 Å². The Labute approximate surface area is 137 Å². The van der Waals surface area contributed by atoms with Crippen LogP contribution < -0.4 is 5.32 Å². The first kappa shape index (κ1) is 15.6. The second kappa shape index (κ2) is 6.07. The monoisotopic (exact) mass is 313 g/mol. The normalized spacial score (nSPS) is 25.3. The van der Waals surface area contributed by atoms with Gasteiger partial charge in [-0.05, 0) is 32.3 Å². The van der Waals surface area contributed by atoms with Crippen molar-refractivity contribution in [3.05, 3.63) is 48.2 Å². The van der Waals surface area contributed by atoms with Gasteiger partial charge in [0.15, 0.2) is 0 Å². The van der Waals surface area contributed by atoms with Crippen LogP contribution in [0.2, 0.25) is 0 Å². The summed E-state index contributed by atoms with van der Waals surface area (Å²) in [6.45, 7) is 8.38. The third-order valence-electron chi connectivity index (χ3n) is 4.61. The number of allylic oxidation sites excluding steroid dienone is 1. The molecule has 2 saturated heterocycles.